The molecule has 5 rings (SSSR count). The molecule has 0 bridgehead atoms. The van der Waals surface area contributed by atoms with Crippen LogP contribution in [0, 0.1) is 11.6 Å². The summed E-state index contributed by atoms with van der Waals surface area (Å²) in [6, 6.07) is 8.39. The summed E-state index contributed by atoms with van der Waals surface area (Å²) >= 11 is 1.38. The van der Waals surface area contributed by atoms with Gasteiger partial charge in [-0.2, -0.15) is 15.0 Å². The third-order valence-corrected chi connectivity index (χ3v) is 6.73. The van der Waals surface area contributed by atoms with E-state index in [2.05, 4.69) is 20.5 Å². The first-order valence-electron chi connectivity index (χ1n) is 10.3. The molecule has 7 nitrogen and oxygen atoms in total. The van der Waals surface area contributed by atoms with Crippen molar-refractivity contribution in [3.8, 4) is 5.69 Å². The van der Waals surface area contributed by atoms with Crippen molar-refractivity contribution in [1.29, 1.82) is 0 Å². The second-order valence-electron chi connectivity index (χ2n) is 7.78. The van der Waals surface area contributed by atoms with Crippen molar-refractivity contribution < 1.29 is 13.6 Å². The third-order valence-electron chi connectivity index (χ3n) is 5.78. The summed E-state index contributed by atoms with van der Waals surface area (Å²) in [6.45, 7) is 0. The Bertz CT molecular complexity index is 1270. The molecule has 2 aromatic carbocycles. The third kappa shape index (κ3) is 3.81. The maximum atomic E-state index is 14.0. The van der Waals surface area contributed by atoms with Gasteiger partial charge in [0, 0.05) is 13.1 Å². The number of nitrogens with zero attached hydrogens (tertiary/aromatic N) is 5. The Labute approximate surface area is 186 Å². The zero-order valence-corrected chi connectivity index (χ0v) is 18.0. The lowest BCUT2D eigenvalue weighted by atomic mass is 10.1. The molecule has 1 N–H and O–H groups in total. The number of likely N-dealkylation sites (N-methyl/N-ethyl adjacent to an activating group) is 1. The first-order valence-corrected chi connectivity index (χ1v) is 11.1. The van der Waals surface area contributed by atoms with E-state index in [9.17, 15) is 13.6 Å². The van der Waals surface area contributed by atoms with E-state index in [0.717, 1.165) is 29.5 Å². The maximum Gasteiger partial charge on any atom is 0.256 e. The molecule has 1 saturated carbocycles. The summed E-state index contributed by atoms with van der Waals surface area (Å²) < 4.78 is 28.3. The molecule has 2 atom stereocenters. The summed E-state index contributed by atoms with van der Waals surface area (Å²) in [5.74, 6) is -1.10. The molecule has 32 heavy (non-hydrogen) atoms. The Morgan fingerprint density at radius 3 is 2.69 bits per heavy atom. The average molecular weight is 455 g/mol. The monoisotopic (exact) mass is 454 g/mol. The Hall–Kier alpha value is -3.40. The minimum Gasteiger partial charge on any atom is -0.357 e. The SMILES string of the molecule is CN(C(=O)c1cc(F)ccc1-n1nccn1)[C@H]1CCC[C@@H]1Nc1nc2ccc(F)cc2s1. The lowest BCUT2D eigenvalue weighted by Crippen LogP contribution is -2.45. The van der Waals surface area contributed by atoms with Crippen molar-refractivity contribution >= 4 is 32.6 Å². The highest BCUT2D eigenvalue weighted by molar-refractivity contribution is 7.22. The van der Waals surface area contributed by atoms with E-state index in [1.165, 1.54) is 58.9 Å². The highest BCUT2D eigenvalue weighted by Gasteiger charge is 2.34. The average Bonchev–Trinajstić information content (AvgIpc) is 3.53. The van der Waals surface area contributed by atoms with Crippen molar-refractivity contribution in [3.05, 3.63) is 66.0 Å². The first kappa shape index (κ1) is 20.5. The van der Waals surface area contributed by atoms with Crippen molar-refractivity contribution in [2.24, 2.45) is 0 Å². The zero-order chi connectivity index (χ0) is 22.2. The van der Waals surface area contributed by atoms with Gasteiger partial charge in [0.1, 0.15) is 11.6 Å². The van der Waals surface area contributed by atoms with E-state index in [4.69, 9.17) is 0 Å². The van der Waals surface area contributed by atoms with Gasteiger partial charge in [-0.3, -0.25) is 4.79 Å². The highest BCUT2D eigenvalue weighted by Crippen LogP contribution is 2.32. The van der Waals surface area contributed by atoms with Crippen LogP contribution in [0.5, 0.6) is 0 Å². The number of halogens is 2. The molecule has 0 radical (unpaired) electrons. The van der Waals surface area contributed by atoms with Gasteiger partial charge in [0.15, 0.2) is 5.13 Å². The van der Waals surface area contributed by atoms with E-state index < -0.39 is 5.82 Å². The van der Waals surface area contributed by atoms with Gasteiger partial charge in [0.05, 0.1) is 39.9 Å². The summed E-state index contributed by atoms with van der Waals surface area (Å²) in [5, 5.41) is 12.3. The van der Waals surface area contributed by atoms with Gasteiger partial charge in [0.2, 0.25) is 0 Å². The van der Waals surface area contributed by atoms with Crippen LogP contribution < -0.4 is 5.32 Å². The molecule has 164 valence electrons. The number of hydrogen-bond donors (Lipinski definition) is 1. The van der Waals surface area contributed by atoms with Crippen LogP contribution in [0.2, 0.25) is 0 Å². The van der Waals surface area contributed by atoms with Crippen molar-refractivity contribution in [3.63, 3.8) is 0 Å². The number of thiazole rings is 1. The number of carbonyl (C=O) groups excluding carboxylic acids is 1. The van der Waals surface area contributed by atoms with Crippen LogP contribution in [0.4, 0.5) is 13.9 Å². The fraction of sp³-hybridized carbons (Fsp3) is 0.273. The van der Waals surface area contributed by atoms with E-state index in [1.54, 1.807) is 18.0 Å². The van der Waals surface area contributed by atoms with E-state index in [0.29, 0.717) is 10.8 Å². The number of amides is 1. The number of nitrogens with one attached hydrogen (secondary N) is 1. The number of fused-ring (bicyclic) bond motifs is 1. The van der Waals surface area contributed by atoms with Gasteiger partial charge < -0.3 is 10.2 Å². The van der Waals surface area contributed by atoms with Crippen molar-refractivity contribution in [1.82, 2.24) is 24.9 Å². The lowest BCUT2D eigenvalue weighted by molar-refractivity contribution is 0.0727. The van der Waals surface area contributed by atoms with E-state index in [-0.39, 0.29) is 29.4 Å². The molecule has 1 aliphatic carbocycles. The zero-order valence-electron chi connectivity index (χ0n) is 17.2. The molecule has 0 spiro atoms. The van der Waals surface area contributed by atoms with Crippen LogP contribution in [0.1, 0.15) is 29.6 Å². The minimum absolute atomic E-state index is 0.0193. The van der Waals surface area contributed by atoms with Crippen LogP contribution in [0.3, 0.4) is 0 Å². The minimum atomic E-state index is -0.500. The fourth-order valence-corrected chi connectivity index (χ4v) is 5.18. The van der Waals surface area contributed by atoms with Crippen LogP contribution in [0.15, 0.2) is 48.8 Å². The van der Waals surface area contributed by atoms with Gasteiger partial charge in [-0.25, -0.2) is 13.8 Å². The van der Waals surface area contributed by atoms with Gasteiger partial charge in [0.25, 0.3) is 5.91 Å². The first-order chi connectivity index (χ1) is 15.5. The van der Waals surface area contributed by atoms with Crippen molar-refractivity contribution in [2.45, 2.75) is 31.3 Å². The number of aromatic nitrogens is 4. The number of anilines is 1. The van der Waals surface area contributed by atoms with E-state index >= 15 is 0 Å². The second kappa shape index (κ2) is 8.27. The van der Waals surface area contributed by atoms with Gasteiger partial charge in [-0.05, 0) is 55.7 Å². The van der Waals surface area contributed by atoms with Crippen LogP contribution in [-0.2, 0) is 0 Å². The van der Waals surface area contributed by atoms with Crippen molar-refractivity contribution in [2.75, 3.05) is 12.4 Å². The Kier molecular flexibility index (Phi) is 5.30. The number of benzene rings is 2. The number of rotatable bonds is 5. The topological polar surface area (TPSA) is 75.9 Å². The second-order valence-corrected chi connectivity index (χ2v) is 8.81. The van der Waals surface area contributed by atoms with Gasteiger partial charge in [-0.1, -0.05) is 11.3 Å². The van der Waals surface area contributed by atoms with Gasteiger partial charge in [-0.15, -0.1) is 0 Å². The summed E-state index contributed by atoms with van der Waals surface area (Å²) in [4.78, 5) is 20.9. The largest absolute Gasteiger partial charge is 0.357 e. The predicted molar refractivity (Wildman–Crippen MR) is 118 cm³/mol. The number of carbonyl (C=O) groups is 1. The molecular weight excluding hydrogens is 434 g/mol. The molecule has 1 fully saturated rings. The summed E-state index contributed by atoms with van der Waals surface area (Å²) in [5.41, 5.74) is 1.35. The molecule has 0 aliphatic heterocycles. The van der Waals surface area contributed by atoms with E-state index in [1.807, 2.05) is 0 Å². The summed E-state index contributed by atoms with van der Waals surface area (Å²) in [7, 11) is 1.73. The maximum absolute atomic E-state index is 14.0. The normalized spacial score (nSPS) is 18.2. The Balaban J connectivity index is 1.39. The fourth-order valence-electron chi connectivity index (χ4n) is 4.23. The molecule has 1 aliphatic rings. The van der Waals surface area contributed by atoms with Crippen LogP contribution >= 0.6 is 11.3 Å². The predicted octanol–water partition coefficient (Wildman–Crippen LogP) is 4.26. The molecular formula is C22H20F2N6OS. The highest BCUT2D eigenvalue weighted by atomic mass is 32.1. The molecule has 0 unspecified atom stereocenters. The van der Waals surface area contributed by atoms with Gasteiger partial charge >= 0.3 is 0 Å². The molecule has 4 aromatic rings. The molecule has 2 aromatic heterocycles. The lowest BCUT2D eigenvalue weighted by Gasteiger charge is -2.30. The Morgan fingerprint density at radius 2 is 1.88 bits per heavy atom. The molecule has 1 amide bonds. The van der Waals surface area contributed by atoms with Crippen LogP contribution in [-0.4, -0.2) is 49.9 Å². The Morgan fingerprint density at radius 1 is 1.12 bits per heavy atom. The standard InChI is InChI=1S/C22H20F2N6OS/c1-29(21(31)15-11-13(23)6-8-18(15)30-25-9-10-26-30)19-4-2-3-16(19)27-22-28-17-7-5-14(24)12-20(17)32-22/h5-12,16,19H,2-4H2,1H3,(H,27,28)/t16-,19-/m0/s1. The molecule has 2 heterocycles. The molecule has 0 saturated heterocycles. The smallest absolute Gasteiger partial charge is 0.256 e. The quantitative estimate of drug-likeness (QED) is 0.488. The molecule has 10 heteroatoms. The summed E-state index contributed by atoms with van der Waals surface area (Å²) in [6.07, 6.45) is 5.62. The number of hydrogen-bond acceptors (Lipinski definition) is 6. The van der Waals surface area contributed by atoms with Crippen LogP contribution in [0.25, 0.3) is 15.9 Å².